The van der Waals surface area contributed by atoms with Crippen LogP contribution in [0.25, 0.3) is 0 Å². The summed E-state index contributed by atoms with van der Waals surface area (Å²) >= 11 is 1.19. The maximum atomic E-state index is 11.8. The van der Waals surface area contributed by atoms with Crippen molar-refractivity contribution in [1.29, 1.82) is 0 Å². The quantitative estimate of drug-likeness (QED) is 0.847. The predicted molar refractivity (Wildman–Crippen MR) is 74.1 cm³/mol. The van der Waals surface area contributed by atoms with Crippen LogP contribution in [-0.2, 0) is 4.79 Å². The maximum Gasteiger partial charge on any atom is 0.244 e. The molecule has 0 saturated carbocycles. The normalized spacial score (nSPS) is 12.3. The first-order valence-corrected chi connectivity index (χ1v) is 6.49. The molecule has 0 aliphatic rings. The van der Waals surface area contributed by atoms with Gasteiger partial charge in [-0.3, -0.25) is 4.79 Å². The van der Waals surface area contributed by atoms with Gasteiger partial charge in [0.05, 0.1) is 6.10 Å². The summed E-state index contributed by atoms with van der Waals surface area (Å²) in [5.74, 6) is 0.853. The Labute approximate surface area is 111 Å². The molecule has 0 bridgehead atoms. The number of aromatic nitrogens is 1. The molecule has 1 amide bonds. The van der Waals surface area contributed by atoms with Gasteiger partial charge in [-0.15, -0.1) is 0 Å². The smallest absolute Gasteiger partial charge is 0.244 e. The zero-order valence-corrected chi connectivity index (χ0v) is 12.2. The molecule has 6 nitrogen and oxygen atoms in total. The SMILES string of the molecule is CC(C)Oc1c(N)nsc1NC(C)C(=O)N(C)C. The van der Waals surface area contributed by atoms with Crippen LogP contribution in [0, 0.1) is 0 Å². The highest BCUT2D eigenvalue weighted by molar-refractivity contribution is 7.11. The van der Waals surface area contributed by atoms with Crippen LogP contribution in [0.15, 0.2) is 0 Å². The van der Waals surface area contributed by atoms with E-state index in [1.54, 1.807) is 21.0 Å². The Kier molecular flexibility index (Phi) is 4.77. The first-order chi connectivity index (χ1) is 8.32. The minimum Gasteiger partial charge on any atom is -0.484 e. The van der Waals surface area contributed by atoms with Gasteiger partial charge in [0.25, 0.3) is 0 Å². The summed E-state index contributed by atoms with van der Waals surface area (Å²) in [4.78, 5) is 13.3. The number of amides is 1. The van der Waals surface area contributed by atoms with Gasteiger partial charge in [0.2, 0.25) is 5.91 Å². The van der Waals surface area contributed by atoms with Crippen LogP contribution in [-0.4, -0.2) is 41.4 Å². The lowest BCUT2D eigenvalue weighted by Gasteiger charge is -2.19. The van der Waals surface area contributed by atoms with E-state index in [4.69, 9.17) is 10.5 Å². The Hall–Kier alpha value is -1.50. The van der Waals surface area contributed by atoms with E-state index in [0.717, 1.165) is 0 Å². The van der Waals surface area contributed by atoms with E-state index in [2.05, 4.69) is 9.69 Å². The first kappa shape index (κ1) is 14.6. The Balaban J connectivity index is 2.81. The molecular formula is C11H20N4O2S. The van der Waals surface area contributed by atoms with Crippen molar-refractivity contribution in [2.45, 2.75) is 32.9 Å². The van der Waals surface area contributed by atoms with E-state index < -0.39 is 0 Å². The van der Waals surface area contributed by atoms with Crippen molar-refractivity contribution in [3.63, 3.8) is 0 Å². The van der Waals surface area contributed by atoms with Gasteiger partial charge in [0, 0.05) is 14.1 Å². The summed E-state index contributed by atoms with van der Waals surface area (Å²) in [6.07, 6.45) is 0.00380. The first-order valence-electron chi connectivity index (χ1n) is 5.72. The number of rotatable bonds is 5. The fourth-order valence-electron chi connectivity index (χ4n) is 1.38. The number of carbonyl (C=O) groups is 1. The fraction of sp³-hybridized carbons (Fsp3) is 0.636. The summed E-state index contributed by atoms with van der Waals surface area (Å²) in [5, 5.41) is 3.76. The monoisotopic (exact) mass is 272 g/mol. The molecule has 0 saturated heterocycles. The zero-order chi connectivity index (χ0) is 13.9. The average Bonchev–Trinajstić information content (AvgIpc) is 2.59. The predicted octanol–water partition coefficient (Wildman–Crippen LogP) is 1.40. The highest BCUT2D eigenvalue weighted by Gasteiger charge is 2.20. The van der Waals surface area contributed by atoms with Crippen molar-refractivity contribution in [3.8, 4) is 5.75 Å². The molecule has 1 aromatic rings. The second-order valence-electron chi connectivity index (χ2n) is 4.49. The third kappa shape index (κ3) is 3.49. The highest BCUT2D eigenvalue weighted by atomic mass is 32.1. The van der Waals surface area contributed by atoms with E-state index in [9.17, 15) is 4.79 Å². The van der Waals surface area contributed by atoms with Crippen molar-refractivity contribution in [3.05, 3.63) is 0 Å². The van der Waals surface area contributed by atoms with Crippen molar-refractivity contribution >= 4 is 28.3 Å². The number of likely N-dealkylation sites (N-methyl/N-ethyl adjacent to an activating group) is 1. The standard InChI is InChI=1S/C11H20N4O2S/c1-6(2)17-8-9(12)14-18-10(8)13-7(3)11(16)15(4)5/h6-7,13H,1-5H3,(H2,12,14). The van der Waals surface area contributed by atoms with Crippen molar-refractivity contribution < 1.29 is 9.53 Å². The summed E-state index contributed by atoms with van der Waals surface area (Å²) in [6.45, 7) is 5.61. The van der Waals surface area contributed by atoms with Crippen LogP contribution in [0.1, 0.15) is 20.8 Å². The van der Waals surface area contributed by atoms with E-state index in [0.29, 0.717) is 16.6 Å². The van der Waals surface area contributed by atoms with Crippen LogP contribution >= 0.6 is 11.5 Å². The molecule has 0 radical (unpaired) electrons. The number of nitrogens with zero attached hydrogens (tertiary/aromatic N) is 2. The Morgan fingerprint density at radius 1 is 1.44 bits per heavy atom. The molecule has 0 fully saturated rings. The van der Waals surface area contributed by atoms with Crippen molar-refractivity contribution in [2.24, 2.45) is 0 Å². The van der Waals surface area contributed by atoms with Gasteiger partial charge >= 0.3 is 0 Å². The minimum absolute atomic E-state index is 0.00380. The summed E-state index contributed by atoms with van der Waals surface area (Å²) < 4.78 is 9.63. The van der Waals surface area contributed by atoms with E-state index in [1.807, 2.05) is 13.8 Å². The number of nitrogens with two attached hydrogens (primary N) is 1. The molecular weight excluding hydrogens is 252 g/mol. The molecule has 7 heteroatoms. The van der Waals surface area contributed by atoms with Gasteiger partial charge < -0.3 is 20.7 Å². The number of ether oxygens (including phenoxy) is 1. The molecule has 1 rings (SSSR count). The summed E-state index contributed by atoms with van der Waals surface area (Å²) in [6, 6.07) is -0.352. The topological polar surface area (TPSA) is 80.5 Å². The second-order valence-corrected chi connectivity index (χ2v) is 5.26. The van der Waals surface area contributed by atoms with Gasteiger partial charge in [-0.2, -0.15) is 4.37 Å². The lowest BCUT2D eigenvalue weighted by molar-refractivity contribution is -0.129. The van der Waals surface area contributed by atoms with Crippen molar-refractivity contribution in [2.75, 3.05) is 25.1 Å². The van der Waals surface area contributed by atoms with Gasteiger partial charge in [-0.1, -0.05) is 0 Å². The molecule has 0 spiro atoms. The zero-order valence-electron chi connectivity index (χ0n) is 11.4. The molecule has 1 atom stereocenters. The van der Waals surface area contributed by atoms with E-state index in [-0.39, 0.29) is 18.1 Å². The molecule has 0 aromatic carbocycles. The van der Waals surface area contributed by atoms with Gasteiger partial charge in [-0.25, -0.2) is 0 Å². The van der Waals surface area contributed by atoms with Crippen LogP contribution in [0.5, 0.6) is 5.75 Å². The molecule has 1 unspecified atom stereocenters. The molecule has 3 N–H and O–H groups in total. The van der Waals surface area contributed by atoms with Crippen LogP contribution < -0.4 is 15.8 Å². The molecule has 0 aliphatic heterocycles. The number of nitrogen functional groups attached to an aromatic ring is 1. The van der Waals surface area contributed by atoms with Gasteiger partial charge in [0.1, 0.15) is 6.04 Å². The third-order valence-corrected chi connectivity index (χ3v) is 2.96. The second kappa shape index (κ2) is 5.90. The molecule has 102 valence electrons. The molecule has 1 aromatic heterocycles. The third-order valence-electron chi connectivity index (χ3n) is 2.19. The highest BCUT2D eigenvalue weighted by Crippen LogP contribution is 2.36. The van der Waals surface area contributed by atoms with Crippen LogP contribution in [0.3, 0.4) is 0 Å². The Morgan fingerprint density at radius 2 is 2.06 bits per heavy atom. The summed E-state index contributed by atoms with van der Waals surface area (Å²) in [5.41, 5.74) is 5.74. The average molecular weight is 272 g/mol. The van der Waals surface area contributed by atoms with Crippen molar-refractivity contribution in [1.82, 2.24) is 9.27 Å². The van der Waals surface area contributed by atoms with Gasteiger partial charge in [0.15, 0.2) is 16.6 Å². The number of nitrogens with one attached hydrogen (secondary N) is 1. The Bertz CT molecular complexity index is 417. The number of anilines is 2. The lowest BCUT2D eigenvalue weighted by Crippen LogP contribution is -2.36. The molecule has 18 heavy (non-hydrogen) atoms. The fourth-order valence-corrected chi connectivity index (χ4v) is 2.12. The number of carbonyl (C=O) groups excluding carboxylic acids is 1. The number of hydrogen-bond acceptors (Lipinski definition) is 6. The maximum absolute atomic E-state index is 11.8. The number of hydrogen-bond donors (Lipinski definition) is 2. The summed E-state index contributed by atoms with van der Waals surface area (Å²) in [7, 11) is 3.43. The van der Waals surface area contributed by atoms with E-state index in [1.165, 1.54) is 16.4 Å². The van der Waals surface area contributed by atoms with Crippen LogP contribution in [0.4, 0.5) is 10.8 Å². The minimum atomic E-state index is -0.352. The van der Waals surface area contributed by atoms with Gasteiger partial charge in [-0.05, 0) is 32.3 Å². The molecule has 0 aliphatic carbocycles. The van der Waals surface area contributed by atoms with Crippen LogP contribution in [0.2, 0.25) is 0 Å². The lowest BCUT2D eigenvalue weighted by atomic mass is 10.3. The Morgan fingerprint density at radius 3 is 2.56 bits per heavy atom. The largest absolute Gasteiger partial charge is 0.484 e. The molecule has 1 heterocycles. The van der Waals surface area contributed by atoms with E-state index >= 15 is 0 Å².